The summed E-state index contributed by atoms with van der Waals surface area (Å²) in [5.74, 6) is 0. The molecule has 0 saturated carbocycles. The first-order valence-corrected chi connectivity index (χ1v) is 15.6. The zero-order chi connectivity index (χ0) is 30.1. The molecule has 8 aromatic rings. The first-order chi connectivity index (χ1) is 22.1. The highest BCUT2D eigenvalue weighted by Gasteiger charge is 2.36. The van der Waals surface area contributed by atoms with Crippen molar-refractivity contribution in [1.82, 2.24) is 0 Å². The van der Waals surface area contributed by atoms with Crippen LogP contribution in [-0.4, -0.2) is 0 Å². The van der Waals surface area contributed by atoms with Crippen LogP contribution in [0.4, 0.5) is 17.1 Å². The van der Waals surface area contributed by atoms with Crippen molar-refractivity contribution in [1.29, 1.82) is 0 Å². The summed E-state index contributed by atoms with van der Waals surface area (Å²) in [5.41, 5.74) is 12.8. The maximum absolute atomic E-state index is 6.63. The molecule has 0 unspecified atom stereocenters. The second kappa shape index (κ2) is 9.70. The van der Waals surface area contributed by atoms with Crippen LogP contribution < -0.4 is 4.90 Å². The minimum atomic E-state index is -0.105. The van der Waals surface area contributed by atoms with Crippen molar-refractivity contribution in [3.8, 4) is 22.3 Å². The monoisotopic (exact) mass is 577 g/mol. The van der Waals surface area contributed by atoms with Crippen LogP contribution in [0, 0.1) is 0 Å². The first-order valence-electron chi connectivity index (χ1n) is 15.6. The van der Waals surface area contributed by atoms with Gasteiger partial charge in [-0.15, -0.1) is 0 Å². The molecule has 1 heterocycles. The van der Waals surface area contributed by atoms with Crippen LogP contribution in [0.2, 0.25) is 0 Å². The number of furan rings is 1. The van der Waals surface area contributed by atoms with Crippen molar-refractivity contribution < 1.29 is 4.42 Å². The minimum Gasteiger partial charge on any atom is -0.455 e. The highest BCUT2D eigenvalue weighted by molar-refractivity contribution is 6.21. The van der Waals surface area contributed by atoms with Gasteiger partial charge >= 0.3 is 0 Å². The van der Waals surface area contributed by atoms with E-state index in [4.69, 9.17) is 4.42 Å². The summed E-state index contributed by atoms with van der Waals surface area (Å²) in [6.07, 6.45) is 0. The Kier molecular flexibility index (Phi) is 5.58. The van der Waals surface area contributed by atoms with E-state index in [1.54, 1.807) is 0 Å². The Balaban J connectivity index is 1.33. The molecule has 2 nitrogen and oxygen atoms in total. The van der Waals surface area contributed by atoms with Gasteiger partial charge in [-0.05, 0) is 75.2 Å². The molecule has 0 saturated heterocycles. The van der Waals surface area contributed by atoms with E-state index in [2.05, 4.69) is 164 Å². The predicted molar refractivity (Wildman–Crippen MR) is 189 cm³/mol. The largest absolute Gasteiger partial charge is 0.455 e. The van der Waals surface area contributed by atoms with Crippen molar-refractivity contribution in [2.45, 2.75) is 19.3 Å². The third-order valence-corrected chi connectivity index (χ3v) is 9.65. The van der Waals surface area contributed by atoms with Crippen molar-refractivity contribution >= 4 is 49.8 Å². The number of nitrogens with zero attached hydrogens (tertiary/aromatic N) is 1. The standard InChI is InChI=1S/C43H31NO/c1-43(2)37-18-10-8-16-34(37)35-25-24-32(27-38(35)43)44(31-22-20-29(21-23-31)28-12-4-3-5-13-28)39-26-30-14-6-7-15-33(30)42-41(39)36-17-9-11-19-40(36)45-42/h3-27H,1-2H3. The molecule has 214 valence electrons. The molecular formula is C43H31NO. The van der Waals surface area contributed by atoms with Crippen molar-refractivity contribution in [2.24, 2.45) is 0 Å². The maximum Gasteiger partial charge on any atom is 0.145 e. The van der Waals surface area contributed by atoms with E-state index in [-0.39, 0.29) is 5.41 Å². The summed E-state index contributed by atoms with van der Waals surface area (Å²) in [5, 5.41) is 4.52. The van der Waals surface area contributed by atoms with Gasteiger partial charge in [-0.25, -0.2) is 0 Å². The molecule has 0 spiro atoms. The zero-order valence-corrected chi connectivity index (χ0v) is 25.3. The van der Waals surface area contributed by atoms with Gasteiger partial charge < -0.3 is 9.32 Å². The molecule has 2 heteroatoms. The number of rotatable bonds is 4. The van der Waals surface area contributed by atoms with E-state index in [1.807, 2.05) is 6.07 Å². The van der Waals surface area contributed by atoms with E-state index >= 15 is 0 Å². The maximum atomic E-state index is 6.63. The highest BCUT2D eigenvalue weighted by atomic mass is 16.3. The van der Waals surface area contributed by atoms with E-state index in [1.165, 1.54) is 33.4 Å². The molecule has 45 heavy (non-hydrogen) atoms. The number of para-hydroxylation sites is 1. The van der Waals surface area contributed by atoms with Crippen LogP contribution in [0.3, 0.4) is 0 Å². The molecule has 0 N–H and O–H groups in total. The van der Waals surface area contributed by atoms with E-state index in [0.29, 0.717) is 0 Å². The summed E-state index contributed by atoms with van der Waals surface area (Å²) in [6, 6.07) is 54.7. The van der Waals surface area contributed by atoms with Crippen LogP contribution in [0.15, 0.2) is 156 Å². The fraction of sp³-hybridized carbons (Fsp3) is 0.0698. The Hall–Kier alpha value is -5.60. The Bertz CT molecular complexity index is 2400. The van der Waals surface area contributed by atoms with Crippen LogP contribution in [0.25, 0.3) is 55.0 Å². The molecule has 0 amide bonds. The second-order valence-corrected chi connectivity index (χ2v) is 12.6. The molecule has 9 rings (SSSR count). The number of benzene rings is 7. The topological polar surface area (TPSA) is 16.4 Å². The molecule has 0 bridgehead atoms. The summed E-state index contributed by atoms with van der Waals surface area (Å²) in [6.45, 7) is 4.69. The van der Waals surface area contributed by atoms with Crippen molar-refractivity contribution in [2.75, 3.05) is 4.90 Å². The lowest BCUT2D eigenvalue weighted by Gasteiger charge is -2.29. The molecule has 1 aliphatic carbocycles. The van der Waals surface area contributed by atoms with Gasteiger partial charge in [0.05, 0.1) is 11.1 Å². The number of hydrogen-bond acceptors (Lipinski definition) is 2. The van der Waals surface area contributed by atoms with Gasteiger partial charge in [-0.1, -0.05) is 129 Å². The van der Waals surface area contributed by atoms with Crippen LogP contribution >= 0.6 is 0 Å². The van der Waals surface area contributed by atoms with Gasteiger partial charge in [0.15, 0.2) is 0 Å². The zero-order valence-electron chi connectivity index (χ0n) is 25.3. The molecule has 0 aliphatic heterocycles. The molecule has 7 aromatic carbocycles. The average Bonchev–Trinajstić information content (AvgIpc) is 3.59. The lowest BCUT2D eigenvalue weighted by molar-refractivity contribution is 0.660. The molecule has 0 fully saturated rings. The second-order valence-electron chi connectivity index (χ2n) is 12.6. The quantitative estimate of drug-likeness (QED) is 0.207. The fourth-order valence-electron chi connectivity index (χ4n) is 7.41. The third kappa shape index (κ3) is 3.89. The van der Waals surface area contributed by atoms with Gasteiger partial charge in [0.25, 0.3) is 0 Å². The fourth-order valence-corrected chi connectivity index (χ4v) is 7.41. The van der Waals surface area contributed by atoms with Gasteiger partial charge in [-0.2, -0.15) is 0 Å². The predicted octanol–water partition coefficient (Wildman–Crippen LogP) is 12.2. The Labute approximate surface area is 262 Å². The summed E-state index contributed by atoms with van der Waals surface area (Å²) in [4.78, 5) is 2.42. The Morgan fingerprint density at radius 3 is 2.00 bits per heavy atom. The smallest absolute Gasteiger partial charge is 0.145 e. The lowest BCUT2D eigenvalue weighted by atomic mass is 9.82. The average molecular weight is 578 g/mol. The number of hydrogen-bond donors (Lipinski definition) is 0. The SMILES string of the molecule is CC1(C)c2ccccc2-c2ccc(N(c3ccc(-c4ccccc4)cc3)c3cc4ccccc4c4oc5ccccc5c34)cc21. The summed E-state index contributed by atoms with van der Waals surface area (Å²) >= 11 is 0. The van der Waals surface area contributed by atoms with Crippen molar-refractivity contribution in [3.63, 3.8) is 0 Å². The first kappa shape index (κ1) is 25.9. The normalized spacial score (nSPS) is 13.3. The van der Waals surface area contributed by atoms with Gasteiger partial charge in [-0.3, -0.25) is 0 Å². The Morgan fingerprint density at radius 2 is 1.16 bits per heavy atom. The Morgan fingerprint density at radius 1 is 0.511 bits per heavy atom. The van der Waals surface area contributed by atoms with Crippen molar-refractivity contribution in [3.05, 3.63) is 163 Å². The molecule has 0 radical (unpaired) electrons. The summed E-state index contributed by atoms with van der Waals surface area (Å²) < 4.78 is 6.63. The van der Waals surface area contributed by atoms with Gasteiger partial charge in [0.2, 0.25) is 0 Å². The van der Waals surface area contributed by atoms with Crippen LogP contribution in [0.1, 0.15) is 25.0 Å². The van der Waals surface area contributed by atoms with Crippen LogP contribution in [0.5, 0.6) is 0 Å². The highest BCUT2D eigenvalue weighted by Crippen LogP contribution is 2.52. The summed E-state index contributed by atoms with van der Waals surface area (Å²) in [7, 11) is 0. The van der Waals surface area contributed by atoms with E-state index < -0.39 is 0 Å². The number of fused-ring (bicyclic) bond motifs is 8. The van der Waals surface area contributed by atoms with Gasteiger partial charge in [0, 0.05) is 27.6 Å². The van der Waals surface area contributed by atoms with E-state index in [9.17, 15) is 0 Å². The van der Waals surface area contributed by atoms with E-state index in [0.717, 1.165) is 49.8 Å². The van der Waals surface area contributed by atoms with Gasteiger partial charge in [0.1, 0.15) is 11.2 Å². The molecule has 1 aromatic heterocycles. The molecular weight excluding hydrogens is 546 g/mol. The minimum absolute atomic E-state index is 0.105. The number of anilines is 3. The van der Waals surface area contributed by atoms with Crippen LogP contribution in [-0.2, 0) is 5.41 Å². The third-order valence-electron chi connectivity index (χ3n) is 9.65. The lowest BCUT2D eigenvalue weighted by Crippen LogP contribution is -2.16. The molecule has 0 atom stereocenters. The molecule has 1 aliphatic rings.